The quantitative estimate of drug-likeness (QED) is 0.526. The average Bonchev–Trinajstić information content (AvgIpc) is 2.53. The van der Waals surface area contributed by atoms with E-state index in [1.807, 2.05) is 0 Å². The standard InChI is InChI=1S/C21H8O3S/c1-4-5-6-7-8-9-10-11-12-13-14-15-16-17-18-19-20-21(2)24-25(3,22)23/h1,21H,2-3H3. The molecule has 0 aliphatic carbocycles. The zero-order chi connectivity index (χ0) is 18.8. The van der Waals surface area contributed by atoms with Crippen LogP contribution in [0.4, 0.5) is 0 Å². The van der Waals surface area contributed by atoms with Crippen LogP contribution in [0.2, 0.25) is 0 Å². The van der Waals surface area contributed by atoms with Gasteiger partial charge >= 0.3 is 0 Å². The molecule has 25 heavy (non-hydrogen) atoms. The molecule has 4 heteroatoms. The van der Waals surface area contributed by atoms with Crippen molar-refractivity contribution in [1.29, 1.82) is 0 Å². The van der Waals surface area contributed by atoms with E-state index < -0.39 is 16.2 Å². The molecule has 0 N–H and O–H groups in total. The van der Waals surface area contributed by atoms with Gasteiger partial charge < -0.3 is 0 Å². The second-order valence-electron chi connectivity index (χ2n) is 3.61. The van der Waals surface area contributed by atoms with Crippen LogP contribution in [0.3, 0.4) is 0 Å². The lowest BCUT2D eigenvalue weighted by Gasteiger charge is -2.01. The Kier molecular flexibility index (Phi) is 11.4. The molecule has 0 spiro atoms. The second kappa shape index (κ2) is 13.6. The van der Waals surface area contributed by atoms with Crippen molar-refractivity contribution in [2.75, 3.05) is 6.26 Å². The highest BCUT2D eigenvalue weighted by Crippen LogP contribution is 1.94. The van der Waals surface area contributed by atoms with E-state index >= 15 is 0 Å². The predicted octanol–water partition coefficient (Wildman–Crippen LogP) is 0.0115. The van der Waals surface area contributed by atoms with E-state index in [1.165, 1.54) is 6.92 Å². The largest absolute Gasteiger partial charge is 0.265 e. The van der Waals surface area contributed by atoms with Gasteiger partial charge in [-0.3, -0.25) is 4.18 Å². The first kappa shape index (κ1) is 20.9. The van der Waals surface area contributed by atoms with E-state index in [2.05, 4.69) is 105 Å². The Balaban J connectivity index is 4.46. The number of hydrogen-bond acceptors (Lipinski definition) is 3. The highest BCUT2D eigenvalue weighted by Gasteiger charge is 2.05. The maximum Gasteiger partial charge on any atom is 0.265 e. The van der Waals surface area contributed by atoms with Gasteiger partial charge in [0.25, 0.3) is 10.1 Å². The van der Waals surface area contributed by atoms with Crippen LogP contribution in [0.15, 0.2) is 0 Å². The highest BCUT2D eigenvalue weighted by molar-refractivity contribution is 7.86. The molecule has 0 heterocycles. The van der Waals surface area contributed by atoms with Crippen molar-refractivity contribution < 1.29 is 12.6 Å². The lowest BCUT2D eigenvalue weighted by molar-refractivity contribution is 0.286. The Morgan fingerprint density at radius 1 is 0.680 bits per heavy atom. The van der Waals surface area contributed by atoms with Crippen molar-refractivity contribution in [3.05, 3.63) is 0 Å². The summed E-state index contributed by atoms with van der Waals surface area (Å²) in [6.45, 7) is 1.49. The molecule has 0 aliphatic heterocycles. The molecule has 0 amide bonds. The smallest absolute Gasteiger partial charge is 0.254 e. The maximum atomic E-state index is 10.8. The van der Waals surface area contributed by atoms with E-state index in [0.717, 1.165) is 6.26 Å². The molecule has 0 bridgehead atoms. The molecular weight excluding hydrogens is 332 g/mol. The molecule has 116 valence electrons. The van der Waals surface area contributed by atoms with Gasteiger partial charge in [0.15, 0.2) is 0 Å². The summed E-state index contributed by atoms with van der Waals surface area (Å²) < 4.78 is 26.2. The Morgan fingerprint density at radius 2 is 1.00 bits per heavy atom. The molecule has 0 fully saturated rings. The van der Waals surface area contributed by atoms with Crippen LogP contribution in [0.1, 0.15) is 6.92 Å². The van der Waals surface area contributed by atoms with Crippen molar-refractivity contribution >= 4 is 10.1 Å². The molecule has 0 saturated heterocycles. The Morgan fingerprint density at radius 3 is 1.32 bits per heavy atom. The van der Waals surface area contributed by atoms with E-state index in [1.54, 1.807) is 0 Å². The van der Waals surface area contributed by atoms with Gasteiger partial charge in [-0.25, -0.2) is 0 Å². The molecule has 0 aromatic carbocycles. The first-order valence-corrected chi connectivity index (χ1v) is 8.12. The van der Waals surface area contributed by atoms with Crippen LogP contribution in [0.25, 0.3) is 0 Å². The van der Waals surface area contributed by atoms with Crippen LogP contribution in [0, 0.1) is 107 Å². The summed E-state index contributed by atoms with van der Waals surface area (Å²) in [6.07, 6.45) is 5.07. The van der Waals surface area contributed by atoms with E-state index in [0.29, 0.717) is 0 Å². The Labute approximate surface area is 149 Å². The monoisotopic (exact) mass is 340 g/mol. The fourth-order valence-corrected chi connectivity index (χ4v) is 1.44. The van der Waals surface area contributed by atoms with E-state index in [-0.39, 0.29) is 0 Å². The molecule has 1 unspecified atom stereocenters. The first-order valence-electron chi connectivity index (χ1n) is 6.30. The minimum absolute atomic E-state index is 0.775. The molecule has 0 saturated carbocycles. The van der Waals surface area contributed by atoms with Crippen molar-refractivity contribution in [3.8, 4) is 107 Å². The number of terminal acetylenes is 1. The number of hydrogen-bond donors (Lipinski definition) is 0. The summed E-state index contributed by atoms with van der Waals surface area (Å²) in [7, 11) is -3.53. The first-order chi connectivity index (χ1) is 12.0. The Hall–Kier alpha value is -4.05. The van der Waals surface area contributed by atoms with Crippen LogP contribution >= 0.6 is 0 Å². The third-order valence-corrected chi connectivity index (χ3v) is 2.18. The highest BCUT2D eigenvalue weighted by atomic mass is 32.2. The summed E-state index contributed by atoms with van der Waals surface area (Å²) in [5.74, 6) is 41.0. The van der Waals surface area contributed by atoms with Crippen molar-refractivity contribution in [3.63, 3.8) is 0 Å². The average molecular weight is 340 g/mol. The summed E-state index contributed by atoms with van der Waals surface area (Å²) in [4.78, 5) is 0. The van der Waals surface area contributed by atoms with Gasteiger partial charge in [0.05, 0.1) is 6.26 Å². The topological polar surface area (TPSA) is 43.4 Å². The number of rotatable bonds is 2. The van der Waals surface area contributed by atoms with Crippen molar-refractivity contribution in [2.24, 2.45) is 0 Å². The summed E-state index contributed by atoms with van der Waals surface area (Å²) >= 11 is 0. The third kappa shape index (κ3) is 17.9. The van der Waals surface area contributed by atoms with E-state index in [4.69, 9.17) is 6.42 Å². The fraction of sp³-hybridized carbons (Fsp3) is 0.143. The van der Waals surface area contributed by atoms with Gasteiger partial charge in [-0.1, -0.05) is 5.92 Å². The van der Waals surface area contributed by atoms with Crippen LogP contribution in [0.5, 0.6) is 0 Å². The van der Waals surface area contributed by atoms with Gasteiger partial charge in [-0.2, -0.15) is 8.42 Å². The molecule has 1 atom stereocenters. The minimum atomic E-state index is -3.53. The normalized spacial score (nSPS) is 7.72. The summed E-state index contributed by atoms with van der Waals surface area (Å²) in [5.41, 5.74) is 0. The zero-order valence-electron chi connectivity index (χ0n) is 13.3. The second-order valence-corrected chi connectivity index (χ2v) is 5.21. The SMILES string of the molecule is C#CC#CC#CC#CC#CC#CC#CC#CC#CC(C)OS(C)(=O)=O. The van der Waals surface area contributed by atoms with Crippen molar-refractivity contribution in [1.82, 2.24) is 0 Å². The molecule has 0 aliphatic rings. The zero-order valence-corrected chi connectivity index (χ0v) is 14.1. The Bertz CT molecular complexity index is 1150. The van der Waals surface area contributed by atoms with Gasteiger partial charge in [0, 0.05) is 0 Å². The van der Waals surface area contributed by atoms with Gasteiger partial charge in [0.2, 0.25) is 0 Å². The van der Waals surface area contributed by atoms with E-state index in [9.17, 15) is 8.42 Å². The molecule has 0 aromatic rings. The van der Waals surface area contributed by atoms with Crippen molar-refractivity contribution in [2.45, 2.75) is 13.0 Å². The predicted molar refractivity (Wildman–Crippen MR) is 96.4 cm³/mol. The third-order valence-electron chi connectivity index (χ3n) is 1.54. The lowest BCUT2D eigenvalue weighted by atomic mass is 10.4. The van der Waals surface area contributed by atoms with Gasteiger partial charge in [-0.15, -0.1) is 6.42 Å². The fourth-order valence-electron chi connectivity index (χ4n) is 0.866. The lowest BCUT2D eigenvalue weighted by Crippen LogP contribution is -2.11. The summed E-state index contributed by atoms with van der Waals surface area (Å²) in [6, 6.07) is 0. The molecule has 0 rings (SSSR count). The molecule has 3 nitrogen and oxygen atoms in total. The minimum Gasteiger partial charge on any atom is -0.254 e. The van der Waals surface area contributed by atoms with Crippen LogP contribution in [-0.4, -0.2) is 20.8 Å². The maximum absolute atomic E-state index is 10.8. The van der Waals surface area contributed by atoms with Gasteiger partial charge in [0.1, 0.15) is 6.10 Å². The van der Waals surface area contributed by atoms with Gasteiger partial charge in [-0.05, 0) is 102 Å². The molecular formula is C21H8O3S. The molecule has 0 aromatic heterocycles. The molecule has 0 radical (unpaired) electrons. The summed E-state index contributed by atoms with van der Waals surface area (Å²) in [5, 5.41) is 0. The van der Waals surface area contributed by atoms with Crippen LogP contribution in [-0.2, 0) is 14.3 Å². The van der Waals surface area contributed by atoms with Crippen LogP contribution < -0.4 is 0 Å².